The average molecular weight is 242 g/mol. The first kappa shape index (κ1) is 13.8. The number of rotatable bonds is 4. The SMILES string of the molecule is CCCN(C(=O)N1CCC[C@H]1C(=O)O)C(C)C. The largest absolute Gasteiger partial charge is 0.480 e. The first-order valence-electron chi connectivity index (χ1n) is 6.29. The van der Waals surface area contributed by atoms with Crippen molar-refractivity contribution in [2.45, 2.75) is 52.1 Å². The van der Waals surface area contributed by atoms with Crippen LogP contribution in [0.5, 0.6) is 0 Å². The number of amides is 2. The highest BCUT2D eigenvalue weighted by Gasteiger charge is 2.36. The maximum Gasteiger partial charge on any atom is 0.326 e. The van der Waals surface area contributed by atoms with E-state index in [4.69, 9.17) is 5.11 Å². The Balaban J connectivity index is 2.75. The molecule has 0 spiro atoms. The molecule has 0 aromatic carbocycles. The summed E-state index contributed by atoms with van der Waals surface area (Å²) in [5.41, 5.74) is 0. The molecule has 1 atom stereocenters. The molecule has 0 aliphatic carbocycles. The molecule has 0 saturated carbocycles. The third-order valence-corrected chi connectivity index (χ3v) is 3.12. The van der Waals surface area contributed by atoms with Gasteiger partial charge in [-0.3, -0.25) is 0 Å². The van der Waals surface area contributed by atoms with Crippen molar-refractivity contribution in [3.05, 3.63) is 0 Å². The van der Waals surface area contributed by atoms with Crippen LogP contribution in [-0.2, 0) is 4.79 Å². The van der Waals surface area contributed by atoms with Gasteiger partial charge in [0.1, 0.15) is 6.04 Å². The van der Waals surface area contributed by atoms with Gasteiger partial charge in [-0.05, 0) is 33.1 Å². The van der Waals surface area contributed by atoms with Crippen LogP contribution < -0.4 is 0 Å². The average Bonchev–Trinajstić information content (AvgIpc) is 2.73. The first-order chi connectivity index (χ1) is 7.99. The van der Waals surface area contributed by atoms with E-state index >= 15 is 0 Å². The highest BCUT2D eigenvalue weighted by atomic mass is 16.4. The van der Waals surface area contributed by atoms with Crippen LogP contribution >= 0.6 is 0 Å². The molecular formula is C12H22N2O3. The van der Waals surface area contributed by atoms with Gasteiger partial charge in [-0.15, -0.1) is 0 Å². The van der Waals surface area contributed by atoms with E-state index in [1.54, 1.807) is 4.90 Å². The lowest BCUT2D eigenvalue weighted by Gasteiger charge is -2.32. The Morgan fingerprint density at radius 2 is 2.12 bits per heavy atom. The van der Waals surface area contributed by atoms with E-state index in [0.717, 1.165) is 12.8 Å². The number of urea groups is 1. The molecule has 1 fully saturated rings. The summed E-state index contributed by atoms with van der Waals surface area (Å²) in [6, 6.07) is -0.662. The van der Waals surface area contributed by atoms with Crippen molar-refractivity contribution in [1.82, 2.24) is 9.80 Å². The van der Waals surface area contributed by atoms with Crippen molar-refractivity contribution < 1.29 is 14.7 Å². The molecule has 1 N–H and O–H groups in total. The van der Waals surface area contributed by atoms with Gasteiger partial charge in [0, 0.05) is 19.1 Å². The zero-order valence-electron chi connectivity index (χ0n) is 10.8. The van der Waals surface area contributed by atoms with Gasteiger partial charge < -0.3 is 14.9 Å². The number of nitrogens with zero attached hydrogens (tertiary/aromatic N) is 2. The fourth-order valence-electron chi connectivity index (χ4n) is 2.23. The van der Waals surface area contributed by atoms with E-state index in [1.807, 2.05) is 20.8 Å². The minimum absolute atomic E-state index is 0.109. The minimum atomic E-state index is -0.893. The number of carboxylic acid groups (broad SMARTS) is 1. The van der Waals surface area contributed by atoms with Crippen LogP contribution in [0.15, 0.2) is 0 Å². The topological polar surface area (TPSA) is 60.9 Å². The quantitative estimate of drug-likeness (QED) is 0.817. The molecule has 0 aromatic heterocycles. The number of carbonyl (C=O) groups excluding carboxylic acids is 1. The van der Waals surface area contributed by atoms with Crippen LogP contribution in [0.25, 0.3) is 0 Å². The van der Waals surface area contributed by atoms with Crippen LogP contribution in [0.2, 0.25) is 0 Å². The zero-order valence-corrected chi connectivity index (χ0v) is 10.8. The monoisotopic (exact) mass is 242 g/mol. The van der Waals surface area contributed by atoms with E-state index in [0.29, 0.717) is 19.5 Å². The Labute approximate surface area is 102 Å². The van der Waals surface area contributed by atoms with E-state index in [2.05, 4.69) is 0 Å². The molecule has 0 bridgehead atoms. The molecule has 0 aromatic rings. The standard InChI is InChI=1S/C12H22N2O3/c1-4-7-13(9(2)3)12(17)14-8-5-6-10(14)11(15)16/h9-10H,4-8H2,1-3H3,(H,15,16)/t10-/m0/s1. The lowest BCUT2D eigenvalue weighted by molar-refractivity contribution is -0.141. The fourth-order valence-corrected chi connectivity index (χ4v) is 2.23. The lowest BCUT2D eigenvalue weighted by atomic mass is 10.2. The van der Waals surface area contributed by atoms with Gasteiger partial charge in [0.05, 0.1) is 0 Å². The molecule has 1 aliphatic rings. The molecule has 1 heterocycles. The summed E-state index contributed by atoms with van der Waals surface area (Å²) in [4.78, 5) is 26.6. The second-order valence-electron chi connectivity index (χ2n) is 4.76. The molecular weight excluding hydrogens is 220 g/mol. The lowest BCUT2D eigenvalue weighted by Crippen LogP contribution is -2.50. The summed E-state index contributed by atoms with van der Waals surface area (Å²) in [5.74, 6) is -0.893. The van der Waals surface area contributed by atoms with Crippen LogP contribution in [0.1, 0.15) is 40.0 Å². The number of likely N-dealkylation sites (tertiary alicyclic amines) is 1. The highest BCUT2D eigenvalue weighted by molar-refractivity contribution is 5.83. The number of hydrogen-bond acceptors (Lipinski definition) is 2. The van der Waals surface area contributed by atoms with Crippen molar-refractivity contribution in [2.75, 3.05) is 13.1 Å². The Morgan fingerprint density at radius 1 is 1.47 bits per heavy atom. The van der Waals surface area contributed by atoms with Crippen LogP contribution in [0.3, 0.4) is 0 Å². The zero-order chi connectivity index (χ0) is 13.0. The van der Waals surface area contributed by atoms with E-state index in [-0.39, 0.29) is 12.1 Å². The molecule has 1 saturated heterocycles. The second-order valence-corrected chi connectivity index (χ2v) is 4.76. The van der Waals surface area contributed by atoms with Gasteiger partial charge >= 0.3 is 12.0 Å². The third kappa shape index (κ3) is 3.11. The van der Waals surface area contributed by atoms with Gasteiger partial charge in [-0.2, -0.15) is 0 Å². The number of hydrogen-bond donors (Lipinski definition) is 1. The van der Waals surface area contributed by atoms with Gasteiger partial charge in [-0.25, -0.2) is 9.59 Å². The Hall–Kier alpha value is -1.26. The van der Waals surface area contributed by atoms with Crippen molar-refractivity contribution in [2.24, 2.45) is 0 Å². The molecule has 0 radical (unpaired) electrons. The number of aliphatic carboxylic acids is 1. The molecule has 0 unspecified atom stereocenters. The van der Waals surface area contributed by atoms with Gasteiger partial charge in [-0.1, -0.05) is 6.92 Å². The summed E-state index contributed by atoms with van der Waals surface area (Å²) in [7, 11) is 0. The van der Waals surface area contributed by atoms with Crippen LogP contribution in [0, 0.1) is 0 Å². The highest BCUT2D eigenvalue weighted by Crippen LogP contribution is 2.20. The van der Waals surface area contributed by atoms with Gasteiger partial charge in [0.15, 0.2) is 0 Å². The minimum Gasteiger partial charge on any atom is -0.480 e. The summed E-state index contributed by atoms with van der Waals surface area (Å²) >= 11 is 0. The second kappa shape index (κ2) is 5.89. The molecule has 2 amide bonds. The van der Waals surface area contributed by atoms with Gasteiger partial charge in [0.25, 0.3) is 0 Å². The summed E-state index contributed by atoms with van der Waals surface area (Å²) < 4.78 is 0. The fraction of sp³-hybridized carbons (Fsp3) is 0.833. The number of carbonyl (C=O) groups is 2. The van der Waals surface area contributed by atoms with E-state index in [1.165, 1.54) is 4.90 Å². The van der Waals surface area contributed by atoms with Crippen LogP contribution in [-0.4, -0.2) is 52.1 Å². The van der Waals surface area contributed by atoms with E-state index in [9.17, 15) is 9.59 Å². The van der Waals surface area contributed by atoms with Crippen molar-refractivity contribution in [1.29, 1.82) is 0 Å². The predicted octanol–water partition coefficient (Wildman–Crippen LogP) is 1.78. The Bertz CT molecular complexity index is 291. The molecule has 5 nitrogen and oxygen atoms in total. The molecule has 5 heteroatoms. The maximum absolute atomic E-state index is 12.3. The summed E-state index contributed by atoms with van der Waals surface area (Å²) in [6.45, 7) is 7.17. The molecule has 17 heavy (non-hydrogen) atoms. The predicted molar refractivity (Wildman–Crippen MR) is 64.9 cm³/mol. The normalized spacial score (nSPS) is 19.8. The van der Waals surface area contributed by atoms with Gasteiger partial charge in [0.2, 0.25) is 0 Å². The molecule has 1 aliphatic heterocycles. The first-order valence-corrected chi connectivity index (χ1v) is 6.29. The van der Waals surface area contributed by atoms with Crippen LogP contribution in [0.4, 0.5) is 4.79 Å². The van der Waals surface area contributed by atoms with Crippen molar-refractivity contribution >= 4 is 12.0 Å². The Morgan fingerprint density at radius 3 is 2.59 bits per heavy atom. The number of carboxylic acids is 1. The maximum atomic E-state index is 12.3. The smallest absolute Gasteiger partial charge is 0.326 e. The molecule has 1 rings (SSSR count). The summed E-state index contributed by atoms with van der Waals surface area (Å²) in [5, 5.41) is 9.07. The third-order valence-electron chi connectivity index (χ3n) is 3.12. The summed E-state index contributed by atoms with van der Waals surface area (Å²) in [6.07, 6.45) is 2.23. The van der Waals surface area contributed by atoms with E-state index < -0.39 is 12.0 Å². The van der Waals surface area contributed by atoms with Crippen molar-refractivity contribution in [3.63, 3.8) is 0 Å². The van der Waals surface area contributed by atoms with Crippen molar-refractivity contribution in [3.8, 4) is 0 Å². The molecule has 98 valence electrons. The Kier molecular flexibility index (Phi) is 4.78.